The number of hydrogen-bond donors (Lipinski definition) is 1. The molecule has 4 amide bonds. The van der Waals surface area contributed by atoms with Crippen LogP contribution in [0.5, 0.6) is 0 Å². The number of esters is 1. The number of ether oxygens (including phenoxy) is 1. The van der Waals surface area contributed by atoms with Gasteiger partial charge in [0, 0.05) is 27.1 Å². The van der Waals surface area contributed by atoms with Crippen LogP contribution in [-0.2, 0) is 25.7 Å². The smallest absolute Gasteiger partial charge is 0.335 e. The quantitative estimate of drug-likeness (QED) is 0.350. The summed E-state index contributed by atoms with van der Waals surface area (Å²) in [6.45, 7) is -0.0240. The van der Waals surface area contributed by atoms with Gasteiger partial charge in [0.2, 0.25) is 0 Å². The number of nitrogens with zero attached hydrogens (tertiary/aromatic N) is 2. The lowest BCUT2D eigenvalue weighted by Crippen LogP contribution is -2.54. The molecule has 3 aromatic rings. The summed E-state index contributed by atoms with van der Waals surface area (Å²) in [4.78, 5) is 50.6. The number of para-hydroxylation sites is 1. The van der Waals surface area contributed by atoms with Gasteiger partial charge in [-0.2, -0.15) is 0 Å². The predicted molar refractivity (Wildman–Crippen MR) is 117 cm³/mol. The van der Waals surface area contributed by atoms with E-state index in [1.165, 1.54) is 13.2 Å². The maximum atomic E-state index is 13.1. The number of carbonyl (C=O) groups is 4. The van der Waals surface area contributed by atoms with Crippen molar-refractivity contribution in [1.82, 2.24) is 9.88 Å². The van der Waals surface area contributed by atoms with E-state index in [1.54, 1.807) is 35.0 Å². The largest absolute Gasteiger partial charge is 0.468 e. The van der Waals surface area contributed by atoms with E-state index >= 15 is 0 Å². The Morgan fingerprint density at radius 2 is 1.81 bits per heavy atom. The first-order chi connectivity index (χ1) is 14.9. The fourth-order valence-corrected chi connectivity index (χ4v) is 3.63. The molecule has 9 heteroatoms. The zero-order valence-electron chi connectivity index (χ0n) is 16.3. The number of nitrogens with one attached hydrogen (secondary N) is 1. The molecular weight excluding hydrogens is 466 g/mol. The number of aromatic nitrogens is 1. The monoisotopic (exact) mass is 481 g/mol. The van der Waals surface area contributed by atoms with Crippen molar-refractivity contribution in [3.8, 4) is 0 Å². The van der Waals surface area contributed by atoms with Gasteiger partial charge >= 0.3 is 12.0 Å². The molecule has 1 fully saturated rings. The van der Waals surface area contributed by atoms with Gasteiger partial charge in [0.1, 0.15) is 12.1 Å². The number of hydrogen-bond acceptors (Lipinski definition) is 5. The molecule has 4 rings (SSSR count). The van der Waals surface area contributed by atoms with Crippen molar-refractivity contribution < 1.29 is 23.9 Å². The molecule has 8 nitrogen and oxygen atoms in total. The molecule has 1 aliphatic heterocycles. The first kappa shape index (κ1) is 20.5. The molecule has 1 aromatic heterocycles. The van der Waals surface area contributed by atoms with Crippen LogP contribution in [0.25, 0.3) is 17.0 Å². The van der Waals surface area contributed by atoms with E-state index in [-0.39, 0.29) is 12.1 Å². The summed E-state index contributed by atoms with van der Waals surface area (Å²) in [5.74, 6) is -1.95. The number of fused-ring (bicyclic) bond motifs is 1. The highest BCUT2D eigenvalue weighted by molar-refractivity contribution is 9.10. The van der Waals surface area contributed by atoms with Gasteiger partial charge in [-0.25, -0.2) is 9.69 Å². The maximum Gasteiger partial charge on any atom is 0.335 e. The number of urea groups is 1. The van der Waals surface area contributed by atoms with E-state index in [0.29, 0.717) is 11.3 Å². The Bertz CT molecular complexity index is 1260. The molecule has 0 atom stereocenters. The molecular formula is C22H16BrN3O5. The second-order valence-corrected chi connectivity index (χ2v) is 7.66. The van der Waals surface area contributed by atoms with Gasteiger partial charge < -0.3 is 9.30 Å². The number of amides is 4. The van der Waals surface area contributed by atoms with Crippen molar-refractivity contribution in [3.05, 3.63) is 70.3 Å². The summed E-state index contributed by atoms with van der Waals surface area (Å²) < 4.78 is 7.20. The predicted octanol–water partition coefficient (Wildman–Crippen LogP) is 3.24. The summed E-state index contributed by atoms with van der Waals surface area (Å²) in [5.41, 5.74) is 1.44. The third kappa shape index (κ3) is 3.87. The number of anilines is 1. The lowest BCUT2D eigenvalue weighted by Gasteiger charge is -2.26. The summed E-state index contributed by atoms with van der Waals surface area (Å²) in [7, 11) is 1.30. The Balaban J connectivity index is 1.78. The Hall–Kier alpha value is -3.72. The standard InChI is InChI=1S/C22H16BrN3O5/c1-31-19(27)12-25-11-13(16-4-2-3-5-18(16)25)10-17-20(28)24-22(30)26(21(17)29)15-8-6-14(23)7-9-15/h2-11H,12H2,1H3,(H,24,28,30)/b17-10+. The summed E-state index contributed by atoms with van der Waals surface area (Å²) >= 11 is 3.31. The van der Waals surface area contributed by atoms with Gasteiger partial charge in [-0.05, 0) is 36.4 Å². The highest BCUT2D eigenvalue weighted by Gasteiger charge is 2.37. The normalized spacial score (nSPS) is 15.5. The van der Waals surface area contributed by atoms with Crippen LogP contribution in [0, 0.1) is 0 Å². The first-order valence-electron chi connectivity index (χ1n) is 9.21. The Morgan fingerprint density at radius 1 is 1.10 bits per heavy atom. The van der Waals surface area contributed by atoms with E-state index in [4.69, 9.17) is 4.74 Å². The zero-order chi connectivity index (χ0) is 22.1. The van der Waals surface area contributed by atoms with Crippen LogP contribution < -0.4 is 10.2 Å². The van der Waals surface area contributed by atoms with E-state index in [1.807, 2.05) is 24.3 Å². The molecule has 156 valence electrons. The third-order valence-corrected chi connectivity index (χ3v) is 5.36. The number of imide groups is 2. The lowest BCUT2D eigenvalue weighted by atomic mass is 10.1. The molecule has 0 aliphatic carbocycles. The van der Waals surface area contributed by atoms with Crippen molar-refractivity contribution >= 4 is 62.4 Å². The van der Waals surface area contributed by atoms with Crippen LogP contribution in [0.15, 0.2) is 64.8 Å². The molecule has 0 saturated carbocycles. The fourth-order valence-electron chi connectivity index (χ4n) is 3.36. The summed E-state index contributed by atoms with van der Waals surface area (Å²) in [6.07, 6.45) is 3.08. The average Bonchev–Trinajstić information content (AvgIpc) is 3.09. The number of methoxy groups -OCH3 is 1. The van der Waals surface area contributed by atoms with Gasteiger partial charge in [0.15, 0.2) is 0 Å². The number of rotatable bonds is 4. The average molecular weight is 482 g/mol. The van der Waals surface area contributed by atoms with Crippen molar-refractivity contribution in [1.29, 1.82) is 0 Å². The third-order valence-electron chi connectivity index (χ3n) is 4.83. The molecule has 2 aromatic carbocycles. The second kappa shape index (κ2) is 8.19. The number of halogens is 1. The van der Waals surface area contributed by atoms with Crippen molar-refractivity contribution in [3.63, 3.8) is 0 Å². The van der Waals surface area contributed by atoms with Gasteiger partial charge in [0.25, 0.3) is 11.8 Å². The van der Waals surface area contributed by atoms with Crippen LogP contribution >= 0.6 is 15.9 Å². The number of benzene rings is 2. The molecule has 31 heavy (non-hydrogen) atoms. The Morgan fingerprint density at radius 3 is 2.52 bits per heavy atom. The second-order valence-electron chi connectivity index (χ2n) is 6.74. The minimum Gasteiger partial charge on any atom is -0.468 e. The maximum absolute atomic E-state index is 13.1. The van der Waals surface area contributed by atoms with Crippen LogP contribution in [0.2, 0.25) is 0 Å². The molecule has 2 heterocycles. The highest BCUT2D eigenvalue weighted by Crippen LogP contribution is 2.27. The van der Waals surface area contributed by atoms with Crippen molar-refractivity contribution in [2.75, 3.05) is 12.0 Å². The van der Waals surface area contributed by atoms with Crippen LogP contribution in [0.3, 0.4) is 0 Å². The Kier molecular flexibility index (Phi) is 5.43. The molecule has 1 N–H and O–H groups in total. The number of barbiturate groups is 1. The first-order valence-corrected chi connectivity index (χ1v) is 10.00. The topological polar surface area (TPSA) is 97.7 Å². The molecule has 0 bridgehead atoms. The zero-order valence-corrected chi connectivity index (χ0v) is 17.9. The highest BCUT2D eigenvalue weighted by atomic mass is 79.9. The van der Waals surface area contributed by atoms with Crippen molar-refractivity contribution in [2.24, 2.45) is 0 Å². The molecule has 0 unspecified atom stereocenters. The van der Waals surface area contributed by atoms with E-state index in [9.17, 15) is 19.2 Å². The van der Waals surface area contributed by atoms with Gasteiger partial charge in [0.05, 0.1) is 12.8 Å². The molecule has 1 aliphatic rings. The minimum atomic E-state index is -0.817. The van der Waals surface area contributed by atoms with E-state index in [0.717, 1.165) is 20.3 Å². The summed E-state index contributed by atoms with van der Waals surface area (Å²) in [5, 5.41) is 2.95. The molecule has 1 saturated heterocycles. The Labute approximate surface area is 185 Å². The van der Waals surface area contributed by atoms with E-state index in [2.05, 4.69) is 21.2 Å². The number of carbonyl (C=O) groups excluding carboxylic acids is 4. The van der Waals surface area contributed by atoms with E-state index < -0.39 is 23.8 Å². The van der Waals surface area contributed by atoms with Gasteiger partial charge in [-0.1, -0.05) is 34.1 Å². The molecule has 0 spiro atoms. The fraction of sp³-hybridized carbons (Fsp3) is 0.0909. The minimum absolute atomic E-state index is 0.0240. The van der Waals surface area contributed by atoms with Crippen LogP contribution in [0.4, 0.5) is 10.5 Å². The van der Waals surface area contributed by atoms with Gasteiger partial charge in [-0.15, -0.1) is 0 Å². The summed E-state index contributed by atoms with van der Waals surface area (Å²) in [6, 6.07) is 13.0. The molecule has 0 radical (unpaired) electrons. The van der Waals surface area contributed by atoms with Crippen LogP contribution in [-0.4, -0.2) is 35.5 Å². The lowest BCUT2D eigenvalue weighted by molar-refractivity contribution is -0.141. The van der Waals surface area contributed by atoms with Gasteiger partial charge in [-0.3, -0.25) is 19.7 Å². The van der Waals surface area contributed by atoms with Crippen LogP contribution in [0.1, 0.15) is 5.56 Å². The SMILES string of the molecule is COC(=O)Cn1cc(/C=C2\C(=O)NC(=O)N(c3ccc(Br)cc3)C2=O)c2ccccc21. The van der Waals surface area contributed by atoms with Crippen molar-refractivity contribution in [2.45, 2.75) is 6.54 Å².